The van der Waals surface area contributed by atoms with Crippen molar-refractivity contribution in [3.63, 3.8) is 0 Å². The van der Waals surface area contributed by atoms with Crippen molar-refractivity contribution in [2.24, 2.45) is 0 Å². The number of pyridine rings is 1. The molecule has 1 aromatic heterocycles. The van der Waals surface area contributed by atoms with Crippen molar-refractivity contribution >= 4 is 11.6 Å². The maximum atomic E-state index is 14.0. The van der Waals surface area contributed by atoms with Gasteiger partial charge in [0.15, 0.2) is 11.5 Å². The van der Waals surface area contributed by atoms with Gasteiger partial charge in [-0.1, -0.05) is 24.3 Å². The minimum atomic E-state index is -4.99. The summed E-state index contributed by atoms with van der Waals surface area (Å²) in [4.78, 5) is 19.0. The van der Waals surface area contributed by atoms with E-state index in [4.69, 9.17) is 0 Å². The summed E-state index contributed by atoms with van der Waals surface area (Å²) < 4.78 is 94.8. The monoisotopic (exact) mass is 512 g/mol. The molecule has 1 aliphatic heterocycles. The van der Waals surface area contributed by atoms with Gasteiger partial charge in [0.2, 0.25) is 0 Å². The summed E-state index contributed by atoms with van der Waals surface area (Å²) >= 11 is 0. The van der Waals surface area contributed by atoms with Crippen LogP contribution in [0.25, 0.3) is 11.1 Å². The van der Waals surface area contributed by atoms with Crippen LogP contribution in [0.4, 0.5) is 36.6 Å². The molecule has 0 amide bonds. The second-order valence-electron chi connectivity index (χ2n) is 8.27. The minimum absolute atomic E-state index is 0.0176. The first-order chi connectivity index (χ1) is 16.9. The molecule has 1 fully saturated rings. The number of hydrogen-bond donors (Lipinski definition) is 1. The van der Waals surface area contributed by atoms with Gasteiger partial charge < -0.3 is 10.0 Å². The molecule has 190 valence electrons. The maximum absolute atomic E-state index is 14.0. The molecule has 0 aliphatic carbocycles. The number of alkyl halides is 6. The van der Waals surface area contributed by atoms with E-state index in [0.29, 0.717) is 38.1 Å². The Balaban J connectivity index is 2.04. The summed E-state index contributed by atoms with van der Waals surface area (Å²) in [6.45, 7) is -0.528. The van der Waals surface area contributed by atoms with E-state index in [-0.39, 0.29) is 28.1 Å². The zero-order valence-electron chi connectivity index (χ0n) is 18.5. The van der Waals surface area contributed by atoms with Crippen molar-refractivity contribution in [3.8, 4) is 11.1 Å². The highest BCUT2D eigenvalue weighted by molar-refractivity contribution is 6.16. The van der Waals surface area contributed by atoms with Gasteiger partial charge in [0, 0.05) is 29.8 Å². The van der Waals surface area contributed by atoms with E-state index in [0.717, 1.165) is 24.3 Å². The van der Waals surface area contributed by atoms with Crippen molar-refractivity contribution in [2.45, 2.75) is 31.8 Å². The number of aromatic nitrogens is 1. The molecule has 0 bridgehead atoms. The lowest BCUT2D eigenvalue weighted by Crippen LogP contribution is -2.26. The Hall–Kier alpha value is -3.47. The van der Waals surface area contributed by atoms with Crippen LogP contribution in [0.1, 0.15) is 45.6 Å². The van der Waals surface area contributed by atoms with Crippen molar-refractivity contribution < 1.29 is 40.6 Å². The second-order valence-corrected chi connectivity index (χ2v) is 8.27. The van der Waals surface area contributed by atoms with Gasteiger partial charge in [0.25, 0.3) is 0 Å². The molecule has 1 saturated heterocycles. The zero-order valence-corrected chi connectivity index (χ0v) is 18.5. The predicted molar refractivity (Wildman–Crippen MR) is 117 cm³/mol. The summed E-state index contributed by atoms with van der Waals surface area (Å²) in [5.74, 6) is -1.84. The minimum Gasteiger partial charge on any atom is -0.392 e. The molecule has 1 N–H and O–H groups in total. The normalized spacial score (nSPS) is 14.4. The molecule has 4 nitrogen and oxygen atoms in total. The van der Waals surface area contributed by atoms with Gasteiger partial charge in [-0.2, -0.15) is 26.3 Å². The summed E-state index contributed by atoms with van der Waals surface area (Å²) in [6, 6.07) is 7.59. The SMILES string of the molecule is O=C(c1ccc(C(F)(F)F)cc1)c1c(N2CCCC2)nc(C(F)(F)F)c(CO)c1-c1ccc(F)cc1. The standard InChI is InChI=1S/C25H19F7N2O2/c26-17-9-5-14(6-10-17)19-18(13-35)22(25(30,31)32)33-23(34-11-1-2-12-34)20(19)21(36)15-3-7-16(8-4-15)24(27,28)29/h3-10,35H,1-2,11-13H2. The Kier molecular flexibility index (Phi) is 6.78. The molecule has 3 aromatic rings. The van der Waals surface area contributed by atoms with Crippen LogP contribution in [0, 0.1) is 5.82 Å². The third-order valence-corrected chi connectivity index (χ3v) is 5.95. The summed E-state index contributed by atoms with van der Waals surface area (Å²) in [6.07, 6.45) is -8.38. The Morgan fingerprint density at radius 2 is 1.47 bits per heavy atom. The predicted octanol–water partition coefficient (Wildman–Crippen LogP) is 6.25. The number of aliphatic hydroxyl groups excluding tert-OH is 1. The number of carbonyl (C=O) groups excluding carboxylic acids is 1. The quantitative estimate of drug-likeness (QED) is 0.325. The first-order valence-corrected chi connectivity index (χ1v) is 10.9. The van der Waals surface area contributed by atoms with Crippen LogP contribution in [-0.2, 0) is 19.0 Å². The fraction of sp³-hybridized carbons (Fsp3) is 0.280. The topological polar surface area (TPSA) is 53.4 Å². The van der Waals surface area contributed by atoms with Gasteiger partial charge in [-0.25, -0.2) is 9.37 Å². The number of aliphatic hydroxyl groups is 1. The fourth-order valence-electron chi connectivity index (χ4n) is 4.26. The molecule has 0 atom stereocenters. The van der Waals surface area contributed by atoms with E-state index in [2.05, 4.69) is 4.98 Å². The highest BCUT2D eigenvalue weighted by Crippen LogP contribution is 2.42. The molecule has 36 heavy (non-hydrogen) atoms. The number of benzene rings is 2. The summed E-state index contributed by atoms with van der Waals surface area (Å²) in [5, 5.41) is 9.97. The van der Waals surface area contributed by atoms with Gasteiger partial charge >= 0.3 is 12.4 Å². The van der Waals surface area contributed by atoms with E-state index < -0.39 is 47.4 Å². The van der Waals surface area contributed by atoms with Gasteiger partial charge in [-0.3, -0.25) is 4.79 Å². The number of nitrogens with zero attached hydrogens (tertiary/aromatic N) is 2. The molecule has 11 heteroatoms. The Morgan fingerprint density at radius 3 is 1.97 bits per heavy atom. The van der Waals surface area contributed by atoms with Crippen LogP contribution in [0.3, 0.4) is 0 Å². The molecule has 0 saturated carbocycles. The third kappa shape index (κ3) is 4.92. The highest BCUT2D eigenvalue weighted by atomic mass is 19.4. The van der Waals surface area contributed by atoms with E-state index in [1.807, 2.05) is 0 Å². The van der Waals surface area contributed by atoms with Crippen LogP contribution >= 0.6 is 0 Å². The lowest BCUT2D eigenvalue weighted by Gasteiger charge is -2.26. The Bertz CT molecular complexity index is 1260. The lowest BCUT2D eigenvalue weighted by atomic mass is 9.89. The van der Waals surface area contributed by atoms with Crippen LogP contribution < -0.4 is 4.90 Å². The Labute approximate surface area is 201 Å². The average molecular weight is 512 g/mol. The molecule has 2 heterocycles. The van der Waals surface area contributed by atoms with Crippen LogP contribution in [0.5, 0.6) is 0 Å². The number of halogens is 7. The van der Waals surface area contributed by atoms with E-state index >= 15 is 0 Å². The number of carbonyl (C=O) groups is 1. The zero-order chi connectivity index (χ0) is 26.3. The Morgan fingerprint density at radius 1 is 0.889 bits per heavy atom. The van der Waals surface area contributed by atoms with Gasteiger partial charge in [-0.05, 0) is 42.7 Å². The van der Waals surface area contributed by atoms with E-state index in [1.54, 1.807) is 0 Å². The molecular weight excluding hydrogens is 493 g/mol. The molecule has 4 rings (SSSR count). The number of hydrogen-bond acceptors (Lipinski definition) is 4. The maximum Gasteiger partial charge on any atom is 0.433 e. The largest absolute Gasteiger partial charge is 0.433 e. The first kappa shape index (κ1) is 25.6. The van der Waals surface area contributed by atoms with E-state index in [1.165, 1.54) is 17.0 Å². The third-order valence-electron chi connectivity index (χ3n) is 5.95. The smallest absolute Gasteiger partial charge is 0.392 e. The van der Waals surface area contributed by atoms with Crippen molar-refractivity contribution in [3.05, 3.63) is 82.3 Å². The molecule has 0 unspecified atom stereocenters. The first-order valence-electron chi connectivity index (χ1n) is 10.9. The number of anilines is 1. The van der Waals surface area contributed by atoms with Crippen LogP contribution in [0.2, 0.25) is 0 Å². The van der Waals surface area contributed by atoms with Crippen LogP contribution in [-0.4, -0.2) is 29.0 Å². The average Bonchev–Trinajstić information content (AvgIpc) is 3.36. The molecule has 0 spiro atoms. The molecule has 0 radical (unpaired) electrons. The van der Waals surface area contributed by atoms with Crippen molar-refractivity contribution in [1.29, 1.82) is 0 Å². The lowest BCUT2D eigenvalue weighted by molar-refractivity contribution is -0.142. The van der Waals surface area contributed by atoms with Crippen molar-refractivity contribution in [1.82, 2.24) is 4.98 Å². The number of ketones is 1. The van der Waals surface area contributed by atoms with Gasteiger partial charge in [0.05, 0.1) is 17.7 Å². The summed E-state index contributed by atoms with van der Waals surface area (Å²) in [5.41, 5.74) is -3.88. The highest BCUT2D eigenvalue weighted by Gasteiger charge is 2.40. The van der Waals surface area contributed by atoms with E-state index in [9.17, 15) is 40.6 Å². The van der Waals surface area contributed by atoms with Crippen molar-refractivity contribution in [2.75, 3.05) is 18.0 Å². The molecule has 1 aliphatic rings. The molecule has 2 aromatic carbocycles. The summed E-state index contributed by atoms with van der Waals surface area (Å²) in [7, 11) is 0. The van der Waals surface area contributed by atoms with Gasteiger partial charge in [-0.15, -0.1) is 0 Å². The molecular formula is C25H19F7N2O2. The van der Waals surface area contributed by atoms with Gasteiger partial charge in [0.1, 0.15) is 11.6 Å². The second kappa shape index (κ2) is 9.53. The fourth-order valence-corrected chi connectivity index (χ4v) is 4.26. The van der Waals surface area contributed by atoms with Crippen LogP contribution in [0.15, 0.2) is 48.5 Å². The number of rotatable bonds is 5.